The maximum atomic E-state index is 13.7. The van der Waals surface area contributed by atoms with Gasteiger partial charge in [0.15, 0.2) is 10.5 Å². The van der Waals surface area contributed by atoms with Crippen LogP contribution in [0, 0.1) is 0 Å². The summed E-state index contributed by atoms with van der Waals surface area (Å²) in [4.78, 5) is 20.7. The van der Waals surface area contributed by atoms with Crippen LogP contribution in [0.3, 0.4) is 0 Å². The molecule has 1 aromatic carbocycles. The molecule has 6 nitrogen and oxygen atoms in total. The summed E-state index contributed by atoms with van der Waals surface area (Å²) in [6, 6.07) is 4.83. The number of hydrogen-bond acceptors (Lipinski definition) is 5. The Balaban J connectivity index is 2.04. The van der Waals surface area contributed by atoms with Crippen molar-refractivity contribution in [2.75, 3.05) is 25.6 Å². The second-order valence-corrected chi connectivity index (χ2v) is 9.01. The molecule has 0 spiro atoms. The predicted octanol–water partition coefficient (Wildman–Crippen LogP) is 3.80. The van der Waals surface area contributed by atoms with E-state index in [4.69, 9.17) is 39.5 Å². The first-order chi connectivity index (χ1) is 13.3. The lowest BCUT2D eigenvalue weighted by atomic mass is 10.1. The molecular formula is C18H16Cl3N4O2S+. The van der Waals surface area contributed by atoms with Gasteiger partial charge in [0.25, 0.3) is 5.88 Å². The fraction of sp³-hybridized carbons (Fsp3) is 0.278. The van der Waals surface area contributed by atoms with Crippen LogP contribution < -0.4 is 19.8 Å². The van der Waals surface area contributed by atoms with Crippen LogP contribution in [-0.4, -0.2) is 30.3 Å². The Labute approximate surface area is 180 Å². The van der Waals surface area contributed by atoms with Crippen molar-refractivity contribution in [1.29, 1.82) is 0 Å². The Hall–Kier alpha value is -1.80. The molecule has 0 radical (unpaired) electrons. The van der Waals surface area contributed by atoms with E-state index in [9.17, 15) is 4.79 Å². The number of halogens is 3. The van der Waals surface area contributed by atoms with Crippen molar-refractivity contribution < 1.29 is 9.30 Å². The average Bonchev–Trinajstić information content (AvgIpc) is 3.20. The zero-order chi connectivity index (χ0) is 20.2. The number of likely N-dealkylation sites (N-methyl/N-ethyl adjacent to an activating group) is 1. The molecular weight excluding hydrogens is 443 g/mol. The Morgan fingerprint density at radius 2 is 1.93 bits per heavy atom. The molecule has 1 unspecified atom stereocenters. The highest BCUT2D eigenvalue weighted by atomic mass is 35.5. The monoisotopic (exact) mass is 457 g/mol. The van der Waals surface area contributed by atoms with Gasteiger partial charge < -0.3 is 4.74 Å². The minimum absolute atomic E-state index is 0.192. The van der Waals surface area contributed by atoms with Crippen LogP contribution >= 0.6 is 46.1 Å². The van der Waals surface area contributed by atoms with Crippen molar-refractivity contribution >= 4 is 52.1 Å². The van der Waals surface area contributed by atoms with Gasteiger partial charge >= 0.3 is 11.5 Å². The molecule has 0 aliphatic carbocycles. The van der Waals surface area contributed by atoms with E-state index in [2.05, 4.69) is 4.98 Å². The van der Waals surface area contributed by atoms with Crippen LogP contribution in [0.4, 0.5) is 5.95 Å². The molecule has 0 N–H and O–H groups in total. The molecule has 1 aliphatic heterocycles. The fourth-order valence-corrected chi connectivity index (χ4v) is 5.25. The third-order valence-corrected chi connectivity index (χ3v) is 6.39. The molecule has 1 aliphatic rings. The topological polar surface area (TPSA) is 51.2 Å². The largest absolute Gasteiger partial charge is 0.471 e. The Morgan fingerprint density at radius 1 is 1.25 bits per heavy atom. The van der Waals surface area contributed by atoms with E-state index < -0.39 is 0 Å². The predicted molar refractivity (Wildman–Crippen MR) is 112 cm³/mol. The smallest absolute Gasteiger partial charge is 0.365 e. The van der Waals surface area contributed by atoms with Crippen molar-refractivity contribution in [1.82, 2.24) is 9.55 Å². The van der Waals surface area contributed by atoms with E-state index in [1.807, 2.05) is 23.6 Å². The third kappa shape index (κ3) is 3.06. The van der Waals surface area contributed by atoms with E-state index >= 15 is 0 Å². The summed E-state index contributed by atoms with van der Waals surface area (Å²) in [6.07, 6.45) is 1.72. The second-order valence-electron chi connectivity index (χ2n) is 6.49. The second kappa shape index (κ2) is 7.22. The minimum Gasteiger partial charge on any atom is -0.471 e. The van der Waals surface area contributed by atoms with Crippen molar-refractivity contribution in [2.24, 2.45) is 7.05 Å². The summed E-state index contributed by atoms with van der Waals surface area (Å²) < 4.78 is 9.66. The van der Waals surface area contributed by atoms with Crippen LogP contribution in [0.25, 0.3) is 11.1 Å². The van der Waals surface area contributed by atoms with Gasteiger partial charge in [-0.15, -0.1) is 11.3 Å². The normalized spacial score (nSPS) is 15.8. The number of anilines is 1. The summed E-state index contributed by atoms with van der Waals surface area (Å²) in [6.45, 7) is 0.616. The molecule has 3 aromatic rings. The lowest BCUT2D eigenvalue weighted by Crippen LogP contribution is -2.43. The van der Waals surface area contributed by atoms with Crippen LogP contribution in [0.5, 0.6) is 5.88 Å². The van der Waals surface area contributed by atoms with E-state index in [1.165, 1.54) is 18.4 Å². The van der Waals surface area contributed by atoms with Crippen LogP contribution in [0.2, 0.25) is 14.5 Å². The van der Waals surface area contributed by atoms with Crippen molar-refractivity contribution in [3.8, 4) is 17.0 Å². The highest BCUT2D eigenvalue weighted by Gasteiger charge is 2.42. The first-order valence-corrected chi connectivity index (χ1v) is 10.3. The number of nitrogens with zero attached hydrogens (tertiary/aromatic N) is 4. The maximum Gasteiger partial charge on any atom is 0.365 e. The molecule has 0 amide bonds. The zero-order valence-corrected chi connectivity index (χ0v) is 18.3. The Morgan fingerprint density at radius 3 is 2.50 bits per heavy atom. The maximum absolute atomic E-state index is 13.7. The molecule has 1 atom stereocenters. The van der Waals surface area contributed by atoms with Gasteiger partial charge in [0.2, 0.25) is 0 Å². The first-order valence-electron chi connectivity index (χ1n) is 8.33. The standard InChI is InChI=1S/C18H16Cl3N4O2S/c1-23-8-12(13-7-22-17(21)28-13)25-15(26)14(16(27-3)24(2)18(23)25)9-4-10(19)6-11(20)5-9/h4-7,12H,8H2,1-3H3/q+1. The van der Waals surface area contributed by atoms with Gasteiger partial charge in [0, 0.05) is 16.2 Å². The van der Waals surface area contributed by atoms with Crippen molar-refractivity contribution in [2.45, 2.75) is 6.04 Å². The molecule has 146 valence electrons. The molecule has 4 rings (SSSR count). The van der Waals surface area contributed by atoms with Gasteiger partial charge in [-0.25, -0.2) is 14.3 Å². The van der Waals surface area contributed by atoms with Gasteiger partial charge in [-0.1, -0.05) is 34.8 Å². The molecule has 0 saturated carbocycles. The van der Waals surface area contributed by atoms with Gasteiger partial charge in [0.05, 0.1) is 26.1 Å². The Kier molecular flexibility index (Phi) is 5.03. The number of rotatable bonds is 3. The van der Waals surface area contributed by atoms with E-state index in [0.717, 1.165) is 10.8 Å². The quantitative estimate of drug-likeness (QED) is 0.560. The number of methoxy groups -OCH3 is 1. The number of ether oxygens (including phenoxy) is 1. The lowest BCUT2D eigenvalue weighted by Gasteiger charge is -2.15. The van der Waals surface area contributed by atoms with Crippen molar-refractivity contribution in [3.63, 3.8) is 0 Å². The lowest BCUT2D eigenvalue weighted by molar-refractivity contribution is -0.666. The van der Waals surface area contributed by atoms with E-state index in [0.29, 0.717) is 38.1 Å². The Bertz CT molecular complexity index is 1120. The number of hydrogen-bond donors (Lipinski definition) is 0. The minimum atomic E-state index is -0.206. The molecule has 2 aromatic heterocycles. The molecule has 0 fully saturated rings. The molecule has 0 bridgehead atoms. The molecule has 10 heteroatoms. The zero-order valence-electron chi connectivity index (χ0n) is 15.2. The molecule has 0 saturated heterocycles. The molecule has 3 heterocycles. The van der Waals surface area contributed by atoms with Crippen LogP contribution in [-0.2, 0) is 7.05 Å². The summed E-state index contributed by atoms with van der Waals surface area (Å²) in [5.74, 6) is 1.16. The third-order valence-electron chi connectivity index (χ3n) is 4.73. The number of fused-ring (bicyclic) bond motifs is 1. The number of benzene rings is 1. The van der Waals surface area contributed by atoms with Gasteiger partial charge in [-0.2, -0.15) is 4.57 Å². The highest BCUT2D eigenvalue weighted by molar-refractivity contribution is 7.15. The van der Waals surface area contributed by atoms with E-state index in [1.54, 1.807) is 29.0 Å². The summed E-state index contributed by atoms with van der Waals surface area (Å²) in [7, 11) is 5.33. The van der Waals surface area contributed by atoms with Gasteiger partial charge in [-0.05, 0) is 23.8 Å². The van der Waals surface area contributed by atoms with E-state index in [-0.39, 0.29) is 11.6 Å². The van der Waals surface area contributed by atoms with Gasteiger partial charge in [0.1, 0.15) is 12.1 Å². The molecule has 28 heavy (non-hydrogen) atoms. The SMILES string of the molecule is COc1c(-c2cc(Cl)cc(Cl)c2)c(=O)n2c([n+]1C)N(C)CC2c1cnc(Cl)s1. The number of thiazole rings is 1. The summed E-state index contributed by atoms with van der Waals surface area (Å²) >= 11 is 19.8. The van der Waals surface area contributed by atoms with Crippen molar-refractivity contribution in [3.05, 3.63) is 54.1 Å². The first kappa shape index (κ1) is 19.5. The average molecular weight is 459 g/mol. The summed E-state index contributed by atoms with van der Waals surface area (Å²) in [5.41, 5.74) is 0.803. The summed E-state index contributed by atoms with van der Waals surface area (Å²) in [5, 5.41) is 0.889. The fourth-order valence-electron chi connectivity index (χ4n) is 3.69. The van der Waals surface area contributed by atoms with Gasteiger partial charge in [-0.3, -0.25) is 4.90 Å². The number of aromatic nitrogens is 3. The van der Waals surface area contributed by atoms with Crippen LogP contribution in [0.15, 0.2) is 29.2 Å². The highest BCUT2D eigenvalue weighted by Crippen LogP contribution is 2.36. The van der Waals surface area contributed by atoms with Crippen LogP contribution in [0.1, 0.15) is 10.9 Å².